The molecule has 0 aromatic carbocycles. The highest BCUT2D eigenvalue weighted by Crippen LogP contribution is 2.27. The molecule has 20 heavy (non-hydrogen) atoms. The summed E-state index contributed by atoms with van der Waals surface area (Å²) in [5, 5.41) is 4.52. The normalized spacial score (nSPS) is 12.6. The van der Waals surface area contributed by atoms with E-state index in [9.17, 15) is 0 Å². The molecule has 2 aromatic heterocycles. The van der Waals surface area contributed by atoms with Crippen LogP contribution in [0, 0.1) is 0 Å². The molecule has 1 N–H and O–H groups in total. The number of thiazole rings is 1. The molecule has 0 spiro atoms. The maximum Gasteiger partial charge on any atom is 0.144 e. The second kappa shape index (κ2) is 7.45. The molecule has 0 radical (unpaired) electrons. The summed E-state index contributed by atoms with van der Waals surface area (Å²) in [5.41, 5.74) is 2.07. The van der Waals surface area contributed by atoms with Gasteiger partial charge in [-0.2, -0.15) is 0 Å². The van der Waals surface area contributed by atoms with Crippen molar-refractivity contribution in [2.24, 2.45) is 0 Å². The van der Waals surface area contributed by atoms with Crippen LogP contribution in [0.5, 0.6) is 0 Å². The lowest BCUT2D eigenvalue weighted by molar-refractivity contribution is 0.535. The van der Waals surface area contributed by atoms with Crippen LogP contribution >= 0.6 is 11.3 Å². The molecule has 2 aromatic rings. The van der Waals surface area contributed by atoms with Gasteiger partial charge in [-0.3, -0.25) is 9.97 Å². The van der Waals surface area contributed by atoms with E-state index in [0.717, 1.165) is 36.5 Å². The first kappa shape index (κ1) is 15.1. The van der Waals surface area contributed by atoms with Crippen LogP contribution in [0.2, 0.25) is 0 Å². The SMILES string of the molecule is CCCc1nc(-c2cnccn2)sc1CNC(C)CC. The smallest absolute Gasteiger partial charge is 0.144 e. The summed E-state index contributed by atoms with van der Waals surface area (Å²) < 4.78 is 0. The van der Waals surface area contributed by atoms with E-state index in [0.29, 0.717) is 6.04 Å². The van der Waals surface area contributed by atoms with Crippen LogP contribution in [0.3, 0.4) is 0 Å². The number of aryl methyl sites for hydroxylation is 1. The van der Waals surface area contributed by atoms with Crippen molar-refractivity contribution in [1.29, 1.82) is 0 Å². The zero-order valence-corrected chi connectivity index (χ0v) is 13.2. The van der Waals surface area contributed by atoms with Gasteiger partial charge < -0.3 is 5.32 Å². The van der Waals surface area contributed by atoms with Gasteiger partial charge in [0.15, 0.2) is 0 Å². The standard InChI is InChI=1S/C15H22N4S/c1-4-6-12-14(10-18-11(3)5-2)20-15(19-12)13-9-16-7-8-17-13/h7-9,11,18H,4-6,10H2,1-3H3. The molecule has 2 rings (SSSR count). The van der Waals surface area contributed by atoms with Crippen LogP contribution in [-0.4, -0.2) is 21.0 Å². The third-order valence-corrected chi connectivity index (χ3v) is 4.39. The maximum atomic E-state index is 4.75. The predicted molar refractivity (Wildman–Crippen MR) is 83.7 cm³/mol. The average Bonchev–Trinajstić information content (AvgIpc) is 2.89. The molecule has 0 aliphatic heterocycles. The van der Waals surface area contributed by atoms with Crippen LogP contribution in [0.4, 0.5) is 0 Å². The first-order valence-electron chi connectivity index (χ1n) is 7.22. The van der Waals surface area contributed by atoms with Crippen LogP contribution < -0.4 is 5.32 Å². The number of hydrogen-bond acceptors (Lipinski definition) is 5. The van der Waals surface area contributed by atoms with Crippen molar-refractivity contribution in [3.63, 3.8) is 0 Å². The van der Waals surface area contributed by atoms with Gasteiger partial charge in [-0.1, -0.05) is 20.3 Å². The highest BCUT2D eigenvalue weighted by atomic mass is 32.1. The average molecular weight is 290 g/mol. The van der Waals surface area contributed by atoms with Crippen LogP contribution in [0.1, 0.15) is 44.2 Å². The quantitative estimate of drug-likeness (QED) is 0.848. The monoisotopic (exact) mass is 290 g/mol. The minimum atomic E-state index is 0.534. The number of nitrogens with one attached hydrogen (secondary N) is 1. The number of nitrogens with zero attached hydrogens (tertiary/aromatic N) is 3. The third kappa shape index (κ3) is 3.84. The van der Waals surface area contributed by atoms with E-state index in [1.54, 1.807) is 29.9 Å². The molecule has 1 atom stereocenters. The molecule has 0 bridgehead atoms. The topological polar surface area (TPSA) is 50.7 Å². The molecule has 0 saturated heterocycles. The Morgan fingerprint density at radius 2 is 2.15 bits per heavy atom. The largest absolute Gasteiger partial charge is 0.309 e. The summed E-state index contributed by atoms with van der Waals surface area (Å²) in [7, 11) is 0. The lowest BCUT2D eigenvalue weighted by Crippen LogP contribution is -2.24. The Kier molecular flexibility index (Phi) is 5.61. The van der Waals surface area contributed by atoms with Gasteiger partial charge in [0.1, 0.15) is 10.7 Å². The van der Waals surface area contributed by atoms with E-state index in [1.165, 1.54) is 10.6 Å². The molecule has 0 saturated carbocycles. The molecule has 5 heteroatoms. The van der Waals surface area contributed by atoms with Gasteiger partial charge in [-0.05, 0) is 19.8 Å². The van der Waals surface area contributed by atoms with E-state index < -0.39 is 0 Å². The third-order valence-electron chi connectivity index (χ3n) is 3.27. The van der Waals surface area contributed by atoms with E-state index in [2.05, 4.69) is 36.1 Å². The summed E-state index contributed by atoms with van der Waals surface area (Å²) in [4.78, 5) is 14.5. The fourth-order valence-corrected chi connectivity index (χ4v) is 2.90. The van der Waals surface area contributed by atoms with E-state index in [1.807, 2.05) is 0 Å². The maximum absolute atomic E-state index is 4.75. The molecule has 0 fully saturated rings. The van der Waals surface area contributed by atoms with Crippen LogP contribution in [-0.2, 0) is 13.0 Å². The van der Waals surface area contributed by atoms with Crippen LogP contribution in [0.25, 0.3) is 10.7 Å². The Labute approximate surface area is 124 Å². The molecule has 1 unspecified atom stereocenters. The molecule has 4 nitrogen and oxygen atoms in total. The molecule has 0 amide bonds. The number of hydrogen-bond donors (Lipinski definition) is 1. The minimum absolute atomic E-state index is 0.534. The second-order valence-corrected chi connectivity index (χ2v) is 6.00. The zero-order chi connectivity index (χ0) is 14.4. The highest BCUT2D eigenvalue weighted by molar-refractivity contribution is 7.15. The molecule has 0 aliphatic rings. The van der Waals surface area contributed by atoms with Crippen LogP contribution in [0.15, 0.2) is 18.6 Å². The van der Waals surface area contributed by atoms with E-state index >= 15 is 0 Å². The Balaban J connectivity index is 2.19. The van der Waals surface area contributed by atoms with Gasteiger partial charge in [0.25, 0.3) is 0 Å². The molecule has 108 valence electrons. The Morgan fingerprint density at radius 1 is 1.30 bits per heavy atom. The predicted octanol–water partition coefficient (Wildman–Crippen LogP) is 3.44. The number of aromatic nitrogens is 3. The highest BCUT2D eigenvalue weighted by Gasteiger charge is 2.13. The molecule has 0 aliphatic carbocycles. The van der Waals surface area contributed by atoms with Crippen molar-refractivity contribution >= 4 is 11.3 Å². The Hall–Kier alpha value is -1.33. The summed E-state index contributed by atoms with van der Waals surface area (Å²) >= 11 is 1.73. The van der Waals surface area contributed by atoms with Crippen molar-refractivity contribution in [2.45, 2.75) is 52.6 Å². The first-order chi connectivity index (χ1) is 9.74. The van der Waals surface area contributed by atoms with E-state index in [-0.39, 0.29) is 0 Å². The van der Waals surface area contributed by atoms with Gasteiger partial charge >= 0.3 is 0 Å². The summed E-state index contributed by atoms with van der Waals surface area (Å²) in [6.45, 7) is 7.49. The first-order valence-corrected chi connectivity index (χ1v) is 8.04. The van der Waals surface area contributed by atoms with Crippen molar-refractivity contribution in [2.75, 3.05) is 0 Å². The fourth-order valence-electron chi connectivity index (χ4n) is 1.88. The van der Waals surface area contributed by atoms with Gasteiger partial charge in [0.2, 0.25) is 0 Å². The molecular weight excluding hydrogens is 268 g/mol. The summed E-state index contributed by atoms with van der Waals surface area (Å²) in [6, 6.07) is 0.534. The van der Waals surface area contributed by atoms with Crippen molar-refractivity contribution in [3.05, 3.63) is 29.2 Å². The van der Waals surface area contributed by atoms with Crippen molar-refractivity contribution in [1.82, 2.24) is 20.3 Å². The van der Waals surface area contributed by atoms with Crippen molar-refractivity contribution in [3.8, 4) is 10.7 Å². The number of rotatable bonds is 7. The van der Waals surface area contributed by atoms with Gasteiger partial charge in [0.05, 0.1) is 11.9 Å². The molecular formula is C15H22N4S. The van der Waals surface area contributed by atoms with E-state index in [4.69, 9.17) is 4.98 Å². The lowest BCUT2D eigenvalue weighted by atomic mass is 10.2. The minimum Gasteiger partial charge on any atom is -0.309 e. The lowest BCUT2D eigenvalue weighted by Gasteiger charge is -2.10. The Morgan fingerprint density at radius 3 is 2.80 bits per heavy atom. The fraction of sp³-hybridized carbons (Fsp3) is 0.533. The van der Waals surface area contributed by atoms with Gasteiger partial charge in [0, 0.05) is 29.9 Å². The zero-order valence-electron chi connectivity index (χ0n) is 12.4. The van der Waals surface area contributed by atoms with Crippen molar-refractivity contribution < 1.29 is 0 Å². The van der Waals surface area contributed by atoms with Gasteiger partial charge in [-0.25, -0.2) is 4.98 Å². The second-order valence-electron chi connectivity index (χ2n) is 4.92. The van der Waals surface area contributed by atoms with Gasteiger partial charge in [-0.15, -0.1) is 11.3 Å². The Bertz CT molecular complexity index is 524. The molecule has 2 heterocycles. The summed E-state index contributed by atoms with van der Waals surface area (Å²) in [5.74, 6) is 0. The summed E-state index contributed by atoms with van der Waals surface area (Å²) in [6.07, 6.45) is 8.45.